The topological polar surface area (TPSA) is 51.2 Å². The predicted octanol–water partition coefficient (Wildman–Crippen LogP) is 1.42. The molecule has 0 amide bonds. The van der Waals surface area contributed by atoms with Crippen molar-refractivity contribution in [2.24, 2.45) is 0 Å². The molecule has 0 saturated heterocycles. The van der Waals surface area contributed by atoms with E-state index in [9.17, 15) is 0 Å². The maximum Gasteiger partial charge on any atom is 0.281 e. The summed E-state index contributed by atoms with van der Waals surface area (Å²) in [5.41, 5.74) is 1.29. The zero-order chi connectivity index (χ0) is 12.5. The Morgan fingerprint density at radius 3 is 1.62 bits per heavy atom. The van der Waals surface area contributed by atoms with E-state index in [1.807, 2.05) is 30.4 Å². The first kappa shape index (κ1) is 24.0. The van der Waals surface area contributed by atoms with Gasteiger partial charge in [0, 0.05) is 19.5 Å². The first-order valence-electron chi connectivity index (χ1n) is 3.69. The fourth-order valence-corrected chi connectivity index (χ4v) is 0.663. The van der Waals surface area contributed by atoms with Crippen LogP contribution in [0.1, 0.15) is 6.92 Å². The Balaban J connectivity index is -0.0000000900. The molecule has 0 spiro atoms. The SMILES string of the molecule is CC1=C/C=C\C=C/C=C\1.[C]=O.[C]=O.[C]=O.[Ru]. The maximum atomic E-state index is 7.50. The molecule has 4 heteroatoms. The van der Waals surface area contributed by atoms with Gasteiger partial charge in [-0.2, -0.15) is 0 Å². The molecule has 84 valence electrons. The summed E-state index contributed by atoms with van der Waals surface area (Å²) in [5, 5.41) is 0. The molecule has 0 aliphatic heterocycles. The molecule has 0 bridgehead atoms. The van der Waals surface area contributed by atoms with E-state index in [0.29, 0.717) is 0 Å². The number of hydrogen-bond donors (Lipinski definition) is 0. The van der Waals surface area contributed by atoms with Crippen molar-refractivity contribution in [3.05, 3.63) is 48.1 Å². The third kappa shape index (κ3) is 22.9. The van der Waals surface area contributed by atoms with Crippen LogP contribution < -0.4 is 0 Å². The van der Waals surface area contributed by atoms with Gasteiger partial charge in [-0.25, -0.2) is 0 Å². The monoisotopic (exact) mass is 304 g/mol. The largest absolute Gasteiger partial charge is 0.281 e. The Morgan fingerprint density at radius 2 is 1.12 bits per heavy atom. The van der Waals surface area contributed by atoms with Gasteiger partial charge in [0.15, 0.2) is 0 Å². The summed E-state index contributed by atoms with van der Waals surface area (Å²) in [6.45, 7) is 15.6. The van der Waals surface area contributed by atoms with Crippen LogP contribution in [0.25, 0.3) is 0 Å². The van der Waals surface area contributed by atoms with E-state index in [4.69, 9.17) is 14.4 Å². The van der Waals surface area contributed by atoms with Crippen molar-refractivity contribution in [2.75, 3.05) is 0 Å². The fraction of sp³-hybridized carbons (Fsp3) is 0.0833. The van der Waals surface area contributed by atoms with Gasteiger partial charge in [0.25, 0.3) is 20.4 Å². The summed E-state index contributed by atoms with van der Waals surface area (Å²) >= 11 is 0. The molecule has 0 aromatic rings. The van der Waals surface area contributed by atoms with Crippen molar-refractivity contribution in [3.8, 4) is 0 Å². The van der Waals surface area contributed by atoms with Crippen LogP contribution in [0.3, 0.4) is 0 Å². The zero-order valence-corrected chi connectivity index (χ0v) is 10.4. The van der Waals surface area contributed by atoms with Gasteiger partial charge in [0.1, 0.15) is 0 Å². The Kier molecular flexibility index (Phi) is 43.8. The molecule has 0 unspecified atom stereocenters. The van der Waals surface area contributed by atoms with E-state index in [1.54, 1.807) is 0 Å². The third-order valence-electron chi connectivity index (χ3n) is 1.16. The van der Waals surface area contributed by atoms with E-state index < -0.39 is 0 Å². The molecule has 3 nitrogen and oxygen atoms in total. The van der Waals surface area contributed by atoms with Crippen molar-refractivity contribution in [1.82, 2.24) is 0 Å². The van der Waals surface area contributed by atoms with Crippen molar-refractivity contribution in [3.63, 3.8) is 0 Å². The number of rotatable bonds is 0. The van der Waals surface area contributed by atoms with Gasteiger partial charge in [-0.1, -0.05) is 48.1 Å². The van der Waals surface area contributed by atoms with Crippen LogP contribution in [0.4, 0.5) is 0 Å². The minimum atomic E-state index is 0. The smallest absolute Gasteiger partial charge is 0.281 e. The maximum absolute atomic E-state index is 7.50. The van der Waals surface area contributed by atoms with Gasteiger partial charge in [0.2, 0.25) is 0 Å². The molecule has 6 radical (unpaired) electrons. The summed E-state index contributed by atoms with van der Waals surface area (Å²) < 4.78 is 0. The molecule has 0 atom stereocenters. The summed E-state index contributed by atoms with van der Waals surface area (Å²) in [6.07, 6.45) is 14.3. The third-order valence-corrected chi connectivity index (χ3v) is 1.16. The first-order chi connectivity index (χ1) is 7.39. The van der Waals surface area contributed by atoms with E-state index >= 15 is 0 Å². The second-order valence-electron chi connectivity index (χ2n) is 2.04. The molecule has 0 heterocycles. The zero-order valence-electron chi connectivity index (χ0n) is 8.62. The molecule has 16 heavy (non-hydrogen) atoms. The molecule has 0 aromatic carbocycles. The molecular weight excluding hydrogens is 293 g/mol. The summed E-state index contributed by atoms with van der Waals surface area (Å²) in [4.78, 5) is 22.5. The normalized spacial score (nSPS) is 19.4. The van der Waals surface area contributed by atoms with Gasteiger partial charge in [-0.05, 0) is 6.92 Å². The van der Waals surface area contributed by atoms with E-state index in [1.165, 1.54) is 5.57 Å². The summed E-state index contributed by atoms with van der Waals surface area (Å²) in [5.74, 6) is 0. The van der Waals surface area contributed by atoms with Crippen LogP contribution in [0.2, 0.25) is 0 Å². The van der Waals surface area contributed by atoms with Crippen LogP contribution in [-0.4, -0.2) is 20.4 Å². The molecule has 0 N–H and O–H groups in total. The Morgan fingerprint density at radius 1 is 0.750 bits per heavy atom. The van der Waals surface area contributed by atoms with Crippen LogP contribution >= 0.6 is 0 Å². The Labute approximate surface area is 109 Å². The van der Waals surface area contributed by atoms with E-state index in [-0.39, 0.29) is 19.5 Å². The average molecular weight is 303 g/mol. The molecule has 1 rings (SSSR count). The van der Waals surface area contributed by atoms with Gasteiger partial charge in [-0.3, -0.25) is 14.4 Å². The van der Waals surface area contributed by atoms with Crippen molar-refractivity contribution < 1.29 is 33.9 Å². The minimum Gasteiger partial charge on any atom is -0.281 e. The summed E-state index contributed by atoms with van der Waals surface area (Å²) in [6, 6.07) is 0. The fourth-order valence-electron chi connectivity index (χ4n) is 0.663. The molecule has 0 fully saturated rings. The van der Waals surface area contributed by atoms with Gasteiger partial charge < -0.3 is 0 Å². The second-order valence-corrected chi connectivity index (χ2v) is 2.04. The van der Waals surface area contributed by atoms with Gasteiger partial charge >= 0.3 is 0 Å². The van der Waals surface area contributed by atoms with E-state index in [2.05, 4.69) is 39.4 Å². The molecule has 0 aromatic heterocycles. The molecule has 0 saturated carbocycles. The number of carbonyl (C=O) groups excluding carboxylic acids is 3. The van der Waals surface area contributed by atoms with Crippen molar-refractivity contribution in [1.29, 1.82) is 0 Å². The van der Waals surface area contributed by atoms with Crippen LogP contribution in [-0.2, 0) is 33.9 Å². The predicted molar refractivity (Wildman–Crippen MR) is 58.3 cm³/mol. The average Bonchev–Trinajstić information content (AvgIpc) is 2.32. The van der Waals surface area contributed by atoms with Crippen molar-refractivity contribution in [2.45, 2.75) is 6.92 Å². The molecular formula is C12H10O3Ru. The number of allylic oxidation sites excluding steroid dienone is 8. The standard InChI is InChI=1S/C9H10.3CO.Ru/c1-9-7-5-3-2-4-6-8-9;3*1-2;/h2-8H,1H3;;;;/b3-2-,4-2?,5-3?,6-4-,7-5-,8-6?,9-7?,9-8-;;;;. The quantitative estimate of drug-likeness (QED) is 0.636. The number of hydrogen-bond acceptors (Lipinski definition) is 3. The van der Waals surface area contributed by atoms with E-state index in [0.717, 1.165) is 0 Å². The van der Waals surface area contributed by atoms with Crippen molar-refractivity contribution >= 4 is 20.4 Å². The van der Waals surface area contributed by atoms with Crippen LogP contribution in [0.5, 0.6) is 0 Å². The van der Waals surface area contributed by atoms with Crippen LogP contribution in [0.15, 0.2) is 48.1 Å². The molecule has 1 aliphatic carbocycles. The van der Waals surface area contributed by atoms with Crippen LogP contribution in [0, 0.1) is 0 Å². The minimum absolute atomic E-state index is 0. The summed E-state index contributed by atoms with van der Waals surface area (Å²) in [7, 11) is 0. The van der Waals surface area contributed by atoms with Gasteiger partial charge in [-0.15, -0.1) is 0 Å². The second kappa shape index (κ2) is 29.2. The van der Waals surface area contributed by atoms with Gasteiger partial charge in [0.05, 0.1) is 0 Å². The Hall–Kier alpha value is -1.41. The first-order valence-corrected chi connectivity index (χ1v) is 3.69. The molecule has 1 aliphatic rings. The Bertz CT molecular complexity index is 238.